The summed E-state index contributed by atoms with van der Waals surface area (Å²) in [7, 11) is 0. The number of nitrogens with zero attached hydrogens (tertiary/aromatic N) is 2. The summed E-state index contributed by atoms with van der Waals surface area (Å²) >= 11 is 5.96. The summed E-state index contributed by atoms with van der Waals surface area (Å²) in [4.78, 5) is 0. The second kappa shape index (κ2) is 4.99. The fourth-order valence-corrected chi connectivity index (χ4v) is 2.27. The van der Waals surface area contributed by atoms with Crippen molar-refractivity contribution >= 4 is 11.6 Å². The molecule has 1 fully saturated rings. The van der Waals surface area contributed by atoms with Gasteiger partial charge in [0.1, 0.15) is 0 Å². The topological polar surface area (TPSA) is 29.9 Å². The van der Waals surface area contributed by atoms with Crippen LogP contribution in [0.15, 0.2) is 6.20 Å². The molecule has 4 heteroatoms. The maximum absolute atomic E-state index is 5.96. The van der Waals surface area contributed by atoms with Crippen LogP contribution in [-0.4, -0.2) is 22.9 Å². The molecule has 0 spiro atoms. The molecule has 0 aromatic carbocycles. The summed E-state index contributed by atoms with van der Waals surface area (Å²) in [6, 6.07) is 0. The van der Waals surface area contributed by atoms with Crippen molar-refractivity contribution in [1.82, 2.24) is 15.1 Å². The number of aromatic nitrogens is 2. The van der Waals surface area contributed by atoms with Crippen LogP contribution in [0.2, 0.25) is 5.02 Å². The summed E-state index contributed by atoms with van der Waals surface area (Å²) in [5.41, 5.74) is 1.08. The van der Waals surface area contributed by atoms with Gasteiger partial charge in [0.05, 0.1) is 16.9 Å². The van der Waals surface area contributed by atoms with Gasteiger partial charge in [-0.2, -0.15) is 5.10 Å². The van der Waals surface area contributed by atoms with Crippen LogP contribution in [0.1, 0.15) is 25.0 Å². The Balaban J connectivity index is 1.84. The molecule has 1 aromatic heterocycles. The Labute approximate surface area is 95.8 Å². The SMILES string of the molecule is Cc1c(Cl)cnn1CCC1CCCNC1. The van der Waals surface area contributed by atoms with Crippen molar-refractivity contribution in [2.75, 3.05) is 13.1 Å². The highest BCUT2D eigenvalue weighted by molar-refractivity contribution is 6.31. The molecule has 1 saturated heterocycles. The Bertz CT molecular complexity index is 316. The molecule has 2 rings (SSSR count). The van der Waals surface area contributed by atoms with Crippen LogP contribution >= 0.6 is 11.6 Å². The summed E-state index contributed by atoms with van der Waals surface area (Å²) < 4.78 is 2.01. The van der Waals surface area contributed by atoms with Gasteiger partial charge < -0.3 is 5.32 Å². The first kappa shape index (κ1) is 11.0. The predicted octanol–water partition coefficient (Wildman–Crippen LogP) is 2.23. The highest BCUT2D eigenvalue weighted by Gasteiger charge is 2.13. The molecule has 1 N–H and O–H groups in total. The molecule has 1 aliphatic rings. The van der Waals surface area contributed by atoms with Gasteiger partial charge in [0, 0.05) is 6.54 Å². The fraction of sp³-hybridized carbons (Fsp3) is 0.727. The third-order valence-electron chi connectivity index (χ3n) is 3.19. The zero-order valence-electron chi connectivity index (χ0n) is 9.17. The Morgan fingerprint density at radius 2 is 2.53 bits per heavy atom. The van der Waals surface area contributed by atoms with Crippen molar-refractivity contribution in [3.05, 3.63) is 16.9 Å². The molecule has 0 radical (unpaired) electrons. The molecule has 1 atom stereocenters. The van der Waals surface area contributed by atoms with Gasteiger partial charge in [-0.1, -0.05) is 11.6 Å². The second-order valence-electron chi connectivity index (χ2n) is 4.30. The van der Waals surface area contributed by atoms with Crippen LogP contribution in [-0.2, 0) is 6.54 Å². The quantitative estimate of drug-likeness (QED) is 0.859. The molecular formula is C11H18ClN3. The second-order valence-corrected chi connectivity index (χ2v) is 4.71. The van der Waals surface area contributed by atoms with Gasteiger partial charge in [-0.05, 0) is 45.2 Å². The van der Waals surface area contributed by atoms with Gasteiger partial charge in [-0.3, -0.25) is 4.68 Å². The standard InChI is InChI=1S/C11H18ClN3/c1-9-11(12)8-14-15(9)6-4-10-3-2-5-13-7-10/h8,10,13H,2-7H2,1H3. The molecule has 3 nitrogen and oxygen atoms in total. The highest BCUT2D eigenvalue weighted by atomic mass is 35.5. The van der Waals surface area contributed by atoms with Gasteiger partial charge in [-0.25, -0.2) is 0 Å². The normalized spacial score (nSPS) is 21.9. The lowest BCUT2D eigenvalue weighted by Gasteiger charge is -2.22. The molecule has 15 heavy (non-hydrogen) atoms. The summed E-state index contributed by atoms with van der Waals surface area (Å²) in [6.45, 7) is 5.36. The van der Waals surface area contributed by atoms with E-state index in [1.165, 1.54) is 25.8 Å². The molecule has 2 heterocycles. The van der Waals surface area contributed by atoms with Crippen molar-refractivity contribution in [1.29, 1.82) is 0 Å². The number of nitrogens with one attached hydrogen (secondary N) is 1. The van der Waals surface area contributed by atoms with Crippen molar-refractivity contribution < 1.29 is 0 Å². The van der Waals surface area contributed by atoms with Crippen LogP contribution in [0.4, 0.5) is 0 Å². The van der Waals surface area contributed by atoms with E-state index in [1.807, 2.05) is 11.6 Å². The lowest BCUT2D eigenvalue weighted by Crippen LogP contribution is -2.30. The summed E-state index contributed by atoms with van der Waals surface area (Å²) in [5.74, 6) is 0.807. The number of rotatable bonds is 3. The van der Waals surface area contributed by atoms with Crippen LogP contribution < -0.4 is 5.32 Å². The summed E-state index contributed by atoms with van der Waals surface area (Å²) in [6.07, 6.45) is 5.59. The molecule has 1 unspecified atom stereocenters. The molecule has 84 valence electrons. The minimum Gasteiger partial charge on any atom is -0.316 e. The lowest BCUT2D eigenvalue weighted by molar-refractivity contribution is 0.334. The molecule has 0 saturated carbocycles. The molecule has 0 amide bonds. The third-order valence-corrected chi connectivity index (χ3v) is 3.56. The first-order chi connectivity index (χ1) is 7.27. The average Bonchev–Trinajstić information content (AvgIpc) is 2.59. The van der Waals surface area contributed by atoms with Crippen molar-refractivity contribution in [2.24, 2.45) is 5.92 Å². The number of piperidine rings is 1. The number of aryl methyl sites for hydroxylation is 1. The molecule has 0 aliphatic carbocycles. The maximum Gasteiger partial charge on any atom is 0.0814 e. The molecule has 1 aromatic rings. The van der Waals surface area contributed by atoms with E-state index in [2.05, 4.69) is 10.4 Å². The lowest BCUT2D eigenvalue weighted by atomic mass is 9.96. The smallest absolute Gasteiger partial charge is 0.0814 e. The van der Waals surface area contributed by atoms with Gasteiger partial charge >= 0.3 is 0 Å². The van der Waals surface area contributed by atoms with Gasteiger partial charge in [0.2, 0.25) is 0 Å². The number of hydrogen-bond acceptors (Lipinski definition) is 2. The van der Waals surface area contributed by atoms with Crippen molar-refractivity contribution in [3.63, 3.8) is 0 Å². The number of hydrogen-bond donors (Lipinski definition) is 1. The van der Waals surface area contributed by atoms with Crippen molar-refractivity contribution in [3.8, 4) is 0 Å². The zero-order chi connectivity index (χ0) is 10.7. The van der Waals surface area contributed by atoms with Crippen molar-refractivity contribution in [2.45, 2.75) is 32.7 Å². The Morgan fingerprint density at radius 3 is 3.13 bits per heavy atom. The molecule has 0 bridgehead atoms. The third kappa shape index (κ3) is 2.73. The Kier molecular flexibility index (Phi) is 3.65. The van der Waals surface area contributed by atoms with Gasteiger partial charge in [0.25, 0.3) is 0 Å². The van der Waals surface area contributed by atoms with E-state index < -0.39 is 0 Å². The fourth-order valence-electron chi connectivity index (χ4n) is 2.12. The number of halogens is 1. The van der Waals surface area contributed by atoms with E-state index in [1.54, 1.807) is 6.20 Å². The van der Waals surface area contributed by atoms with E-state index in [0.29, 0.717) is 0 Å². The van der Waals surface area contributed by atoms with Gasteiger partial charge in [-0.15, -0.1) is 0 Å². The first-order valence-electron chi connectivity index (χ1n) is 5.66. The first-order valence-corrected chi connectivity index (χ1v) is 6.04. The van der Waals surface area contributed by atoms with Crippen LogP contribution in [0, 0.1) is 12.8 Å². The largest absolute Gasteiger partial charge is 0.316 e. The minimum absolute atomic E-state index is 0.775. The molecule has 1 aliphatic heterocycles. The van der Waals surface area contributed by atoms with E-state index in [9.17, 15) is 0 Å². The highest BCUT2D eigenvalue weighted by Crippen LogP contribution is 2.17. The Hall–Kier alpha value is -0.540. The predicted molar refractivity (Wildman–Crippen MR) is 62.2 cm³/mol. The van der Waals surface area contributed by atoms with Crippen LogP contribution in [0.25, 0.3) is 0 Å². The Morgan fingerprint density at radius 1 is 1.67 bits per heavy atom. The van der Waals surface area contributed by atoms with Crippen LogP contribution in [0.3, 0.4) is 0 Å². The zero-order valence-corrected chi connectivity index (χ0v) is 9.93. The van der Waals surface area contributed by atoms with E-state index in [-0.39, 0.29) is 0 Å². The average molecular weight is 228 g/mol. The van der Waals surface area contributed by atoms with Crippen LogP contribution in [0.5, 0.6) is 0 Å². The maximum atomic E-state index is 5.96. The monoisotopic (exact) mass is 227 g/mol. The van der Waals surface area contributed by atoms with E-state index >= 15 is 0 Å². The molecular weight excluding hydrogens is 210 g/mol. The summed E-state index contributed by atoms with van der Waals surface area (Å²) in [5, 5.41) is 8.47. The van der Waals surface area contributed by atoms with E-state index in [0.717, 1.165) is 29.7 Å². The minimum atomic E-state index is 0.775. The van der Waals surface area contributed by atoms with E-state index in [4.69, 9.17) is 11.6 Å². The van der Waals surface area contributed by atoms with Gasteiger partial charge in [0.15, 0.2) is 0 Å².